The minimum Gasteiger partial charge on any atom is -0.370 e. The Bertz CT molecular complexity index is 623. The molecule has 2 N–H and O–H groups in total. The zero-order valence-corrected chi connectivity index (χ0v) is 11.2. The number of primary amides is 1. The molecule has 0 atom stereocenters. The first-order valence-electron chi connectivity index (χ1n) is 5.82. The molecule has 0 aliphatic rings. The van der Waals surface area contributed by atoms with Crippen molar-refractivity contribution in [3.05, 3.63) is 40.0 Å². The molecule has 1 heterocycles. The SMILES string of the molecule is Cc1cc(CCC(N)=O)nc2c(C)c(Cl)ccc12. The second-order valence-corrected chi connectivity index (χ2v) is 4.87. The third-order valence-electron chi connectivity index (χ3n) is 3.06. The maximum absolute atomic E-state index is 10.8. The van der Waals surface area contributed by atoms with Crippen LogP contribution in [0.1, 0.15) is 23.2 Å². The van der Waals surface area contributed by atoms with Gasteiger partial charge in [-0.05, 0) is 43.5 Å². The Labute approximate surface area is 111 Å². The number of nitrogens with zero attached hydrogens (tertiary/aromatic N) is 1. The number of carbonyl (C=O) groups is 1. The number of hydrogen-bond acceptors (Lipinski definition) is 2. The van der Waals surface area contributed by atoms with Crippen LogP contribution in [0, 0.1) is 13.8 Å². The van der Waals surface area contributed by atoms with E-state index >= 15 is 0 Å². The van der Waals surface area contributed by atoms with Crippen LogP contribution in [0.4, 0.5) is 0 Å². The Balaban J connectivity index is 2.52. The molecule has 1 amide bonds. The topological polar surface area (TPSA) is 56.0 Å². The number of amides is 1. The molecule has 4 heteroatoms. The Hall–Kier alpha value is -1.61. The van der Waals surface area contributed by atoms with Crippen molar-refractivity contribution >= 4 is 28.4 Å². The van der Waals surface area contributed by atoms with E-state index in [0.29, 0.717) is 17.9 Å². The number of benzene rings is 1. The average Bonchev–Trinajstić information content (AvgIpc) is 2.32. The summed E-state index contributed by atoms with van der Waals surface area (Å²) in [7, 11) is 0. The van der Waals surface area contributed by atoms with Crippen LogP contribution in [0.5, 0.6) is 0 Å². The predicted molar refractivity (Wildman–Crippen MR) is 73.7 cm³/mol. The molecule has 0 bridgehead atoms. The number of aromatic nitrogens is 1. The summed E-state index contributed by atoms with van der Waals surface area (Å²) in [6.45, 7) is 3.99. The van der Waals surface area contributed by atoms with E-state index in [1.165, 1.54) is 0 Å². The van der Waals surface area contributed by atoms with Crippen molar-refractivity contribution in [3.8, 4) is 0 Å². The zero-order valence-electron chi connectivity index (χ0n) is 10.5. The van der Waals surface area contributed by atoms with Crippen LogP contribution in [-0.2, 0) is 11.2 Å². The van der Waals surface area contributed by atoms with Crippen LogP contribution in [0.25, 0.3) is 10.9 Å². The number of pyridine rings is 1. The molecule has 0 aliphatic heterocycles. The van der Waals surface area contributed by atoms with E-state index in [9.17, 15) is 4.79 Å². The second-order valence-electron chi connectivity index (χ2n) is 4.47. The first-order chi connectivity index (χ1) is 8.49. The summed E-state index contributed by atoms with van der Waals surface area (Å²) in [4.78, 5) is 15.4. The van der Waals surface area contributed by atoms with E-state index < -0.39 is 0 Å². The van der Waals surface area contributed by atoms with Gasteiger partial charge in [-0.15, -0.1) is 0 Å². The molecule has 0 saturated carbocycles. The van der Waals surface area contributed by atoms with Gasteiger partial charge in [-0.2, -0.15) is 0 Å². The molecule has 18 heavy (non-hydrogen) atoms. The predicted octanol–water partition coefficient (Wildman–Crippen LogP) is 2.92. The maximum Gasteiger partial charge on any atom is 0.217 e. The smallest absolute Gasteiger partial charge is 0.217 e. The Morgan fingerprint density at radius 1 is 1.39 bits per heavy atom. The molecular weight excluding hydrogens is 248 g/mol. The molecule has 0 saturated heterocycles. The second kappa shape index (κ2) is 4.94. The molecule has 0 spiro atoms. The molecule has 0 fully saturated rings. The van der Waals surface area contributed by atoms with Crippen molar-refractivity contribution in [2.24, 2.45) is 5.73 Å². The molecule has 0 aliphatic carbocycles. The number of carbonyl (C=O) groups excluding carboxylic acids is 1. The highest BCUT2D eigenvalue weighted by molar-refractivity contribution is 6.32. The summed E-state index contributed by atoms with van der Waals surface area (Å²) in [6.07, 6.45) is 0.885. The van der Waals surface area contributed by atoms with E-state index in [2.05, 4.69) is 4.98 Å². The lowest BCUT2D eigenvalue weighted by atomic mass is 10.0. The lowest BCUT2D eigenvalue weighted by molar-refractivity contribution is -0.118. The number of rotatable bonds is 3. The zero-order chi connectivity index (χ0) is 13.3. The number of nitrogens with two attached hydrogens (primary N) is 1. The molecular formula is C14H15ClN2O. The summed E-state index contributed by atoms with van der Waals surface area (Å²) in [5.74, 6) is -0.308. The fraction of sp³-hybridized carbons (Fsp3) is 0.286. The van der Waals surface area contributed by atoms with Gasteiger partial charge in [0.15, 0.2) is 0 Å². The van der Waals surface area contributed by atoms with Gasteiger partial charge in [-0.25, -0.2) is 0 Å². The van der Waals surface area contributed by atoms with Crippen LogP contribution >= 0.6 is 11.6 Å². The van der Waals surface area contributed by atoms with Crippen LogP contribution in [0.2, 0.25) is 5.02 Å². The minimum atomic E-state index is -0.308. The van der Waals surface area contributed by atoms with Crippen LogP contribution in [0.3, 0.4) is 0 Å². The van der Waals surface area contributed by atoms with Gasteiger partial charge >= 0.3 is 0 Å². The molecule has 0 radical (unpaired) electrons. The number of aryl methyl sites for hydroxylation is 3. The lowest BCUT2D eigenvalue weighted by Gasteiger charge is -2.09. The highest BCUT2D eigenvalue weighted by atomic mass is 35.5. The summed E-state index contributed by atoms with van der Waals surface area (Å²) in [6, 6.07) is 5.86. The van der Waals surface area contributed by atoms with Crippen molar-refractivity contribution in [2.45, 2.75) is 26.7 Å². The highest BCUT2D eigenvalue weighted by Crippen LogP contribution is 2.26. The quantitative estimate of drug-likeness (QED) is 0.925. The normalized spacial score (nSPS) is 10.8. The number of fused-ring (bicyclic) bond motifs is 1. The van der Waals surface area contributed by atoms with Crippen molar-refractivity contribution in [1.82, 2.24) is 4.98 Å². The van der Waals surface area contributed by atoms with E-state index in [1.54, 1.807) is 0 Å². The third kappa shape index (κ3) is 2.46. The summed E-state index contributed by atoms with van der Waals surface area (Å²) in [5.41, 5.74) is 9.05. The molecule has 0 unspecified atom stereocenters. The van der Waals surface area contributed by atoms with Gasteiger partial charge in [0.1, 0.15) is 0 Å². The molecule has 2 rings (SSSR count). The van der Waals surface area contributed by atoms with Gasteiger partial charge in [-0.1, -0.05) is 17.7 Å². The number of halogens is 1. The van der Waals surface area contributed by atoms with E-state index in [0.717, 1.165) is 27.7 Å². The fourth-order valence-electron chi connectivity index (χ4n) is 2.02. The fourth-order valence-corrected chi connectivity index (χ4v) is 2.17. The Kier molecular flexibility index (Phi) is 3.53. The highest BCUT2D eigenvalue weighted by Gasteiger charge is 2.08. The Morgan fingerprint density at radius 3 is 2.78 bits per heavy atom. The monoisotopic (exact) mass is 262 g/mol. The van der Waals surface area contributed by atoms with Gasteiger partial charge in [0.2, 0.25) is 5.91 Å². The maximum atomic E-state index is 10.8. The van der Waals surface area contributed by atoms with E-state index in [4.69, 9.17) is 17.3 Å². The van der Waals surface area contributed by atoms with Gasteiger partial charge in [-0.3, -0.25) is 9.78 Å². The van der Waals surface area contributed by atoms with Gasteiger partial charge in [0.05, 0.1) is 5.52 Å². The van der Waals surface area contributed by atoms with Gasteiger partial charge < -0.3 is 5.73 Å². The summed E-state index contributed by atoms with van der Waals surface area (Å²) < 4.78 is 0. The van der Waals surface area contributed by atoms with Crippen molar-refractivity contribution in [1.29, 1.82) is 0 Å². The average molecular weight is 263 g/mol. The molecule has 1 aromatic carbocycles. The van der Waals surface area contributed by atoms with Gasteiger partial charge in [0.25, 0.3) is 0 Å². The lowest BCUT2D eigenvalue weighted by Crippen LogP contribution is -2.11. The molecule has 94 valence electrons. The van der Waals surface area contributed by atoms with Crippen molar-refractivity contribution < 1.29 is 4.79 Å². The van der Waals surface area contributed by atoms with Crippen LogP contribution < -0.4 is 5.73 Å². The van der Waals surface area contributed by atoms with E-state index in [-0.39, 0.29) is 5.91 Å². The van der Waals surface area contributed by atoms with Crippen LogP contribution in [0.15, 0.2) is 18.2 Å². The molecule has 2 aromatic rings. The number of hydrogen-bond donors (Lipinski definition) is 1. The summed E-state index contributed by atoms with van der Waals surface area (Å²) in [5, 5.41) is 1.81. The standard InChI is InChI=1S/C14H15ClN2O/c1-8-7-10(3-6-13(16)18)17-14-9(2)12(15)5-4-11(8)14/h4-5,7H,3,6H2,1-2H3,(H2,16,18). The first-order valence-corrected chi connectivity index (χ1v) is 6.20. The minimum absolute atomic E-state index is 0.308. The van der Waals surface area contributed by atoms with Gasteiger partial charge in [0, 0.05) is 22.5 Å². The largest absolute Gasteiger partial charge is 0.370 e. The van der Waals surface area contributed by atoms with Crippen molar-refractivity contribution in [2.75, 3.05) is 0 Å². The third-order valence-corrected chi connectivity index (χ3v) is 3.47. The van der Waals surface area contributed by atoms with E-state index in [1.807, 2.05) is 32.0 Å². The van der Waals surface area contributed by atoms with Crippen LogP contribution in [-0.4, -0.2) is 10.9 Å². The Morgan fingerprint density at radius 2 is 2.11 bits per heavy atom. The van der Waals surface area contributed by atoms with Crippen molar-refractivity contribution in [3.63, 3.8) is 0 Å². The molecule has 3 nitrogen and oxygen atoms in total. The molecule has 1 aromatic heterocycles. The summed E-state index contributed by atoms with van der Waals surface area (Å²) >= 11 is 6.11. The first kappa shape index (κ1) is 12.8.